The lowest BCUT2D eigenvalue weighted by molar-refractivity contribution is -0.132. The van der Waals surface area contributed by atoms with E-state index in [1.165, 1.54) is 39.3 Å². The third-order valence-corrected chi connectivity index (χ3v) is 8.16. The molecule has 0 radical (unpaired) electrons. The van der Waals surface area contributed by atoms with Gasteiger partial charge in [0.15, 0.2) is 4.34 Å². The van der Waals surface area contributed by atoms with Gasteiger partial charge in [0, 0.05) is 16.2 Å². The van der Waals surface area contributed by atoms with Crippen LogP contribution in [0.4, 0.5) is 5.13 Å². The van der Waals surface area contributed by atoms with Crippen LogP contribution in [-0.4, -0.2) is 27.0 Å². The molecular formula is C24H17N3O3S3. The van der Waals surface area contributed by atoms with E-state index in [0.717, 1.165) is 16.2 Å². The van der Waals surface area contributed by atoms with Gasteiger partial charge < -0.3 is 5.11 Å². The predicted octanol–water partition coefficient (Wildman–Crippen LogP) is 5.52. The molecule has 1 N–H and O–H groups in total. The van der Waals surface area contributed by atoms with Crippen molar-refractivity contribution < 1.29 is 14.7 Å². The number of anilines is 1. The smallest absolute Gasteiger partial charge is 0.301 e. The molecule has 1 amide bonds. The monoisotopic (exact) mass is 491 g/mol. The van der Waals surface area contributed by atoms with Crippen LogP contribution in [0.15, 0.2) is 88.1 Å². The summed E-state index contributed by atoms with van der Waals surface area (Å²) in [5, 5.41) is 21.7. The topological polar surface area (TPSA) is 83.4 Å². The maximum Gasteiger partial charge on any atom is 0.301 e. The normalized spacial score (nSPS) is 17.6. The zero-order valence-electron chi connectivity index (χ0n) is 17.1. The number of rotatable bonds is 6. The van der Waals surface area contributed by atoms with Crippen LogP contribution in [0.3, 0.4) is 0 Å². The van der Waals surface area contributed by atoms with Gasteiger partial charge in [-0.05, 0) is 17.0 Å². The van der Waals surface area contributed by atoms with E-state index in [0.29, 0.717) is 15.0 Å². The Morgan fingerprint density at radius 2 is 1.70 bits per heavy atom. The molecule has 1 aliphatic heterocycles. The van der Waals surface area contributed by atoms with Crippen molar-refractivity contribution in [2.45, 2.75) is 16.1 Å². The standard InChI is InChI=1S/C24H17N3O3S3/c28-20(16-10-5-2-6-11-16)18-19(17-12-7-13-31-17)27(22(30)21(18)29)23-25-26-24(33-23)32-14-15-8-3-1-4-9-15/h1-13,19,28H,14H2/b20-18+/t19-/m0/s1. The van der Waals surface area contributed by atoms with E-state index in [2.05, 4.69) is 10.2 Å². The van der Waals surface area contributed by atoms with Crippen LogP contribution in [-0.2, 0) is 15.3 Å². The van der Waals surface area contributed by atoms with Crippen molar-refractivity contribution in [2.75, 3.05) is 4.90 Å². The summed E-state index contributed by atoms with van der Waals surface area (Å²) in [4.78, 5) is 28.3. The molecule has 2 aromatic heterocycles. The molecule has 164 valence electrons. The Kier molecular flexibility index (Phi) is 6.08. The number of thiophene rings is 1. The fourth-order valence-corrected chi connectivity index (χ4v) is 6.22. The van der Waals surface area contributed by atoms with Crippen LogP contribution in [0.5, 0.6) is 0 Å². The third kappa shape index (κ3) is 4.22. The summed E-state index contributed by atoms with van der Waals surface area (Å²) < 4.78 is 0.698. The third-order valence-electron chi connectivity index (χ3n) is 5.11. The average Bonchev–Trinajstić information content (AvgIpc) is 3.59. The van der Waals surface area contributed by atoms with E-state index in [1.807, 2.05) is 53.9 Å². The fraction of sp³-hybridized carbons (Fsp3) is 0.0833. The van der Waals surface area contributed by atoms with Crippen LogP contribution >= 0.6 is 34.4 Å². The summed E-state index contributed by atoms with van der Waals surface area (Å²) >= 11 is 4.19. The highest BCUT2D eigenvalue weighted by Gasteiger charge is 2.48. The summed E-state index contributed by atoms with van der Waals surface area (Å²) in [7, 11) is 0. The highest BCUT2D eigenvalue weighted by atomic mass is 32.2. The highest BCUT2D eigenvalue weighted by Crippen LogP contribution is 2.45. The number of aliphatic hydroxyl groups is 1. The van der Waals surface area contributed by atoms with Crippen molar-refractivity contribution in [1.29, 1.82) is 0 Å². The second kappa shape index (κ2) is 9.30. The van der Waals surface area contributed by atoms with Gasteiger partial charge in [-0.1, -0.05) is 89.8 Å². The first kappa shape index (κ1) is 21.6. The van der Waals surface area contributed by atoms with Crippen molar-refractivity contribution in [2.24, 2.45) is 0 Å². The first-order valence-electron chi connectivity index (χ1n) is 10.0. The number of benzene rings is 2. The van der Waals surface area contributed by atoms with Gasteiger partial charge in [0.2, 0.25) is 5.13 Å². The maximum atomic E-state index is 13.1. The van der Waals surface area contributed by atoms with Crippen LogP contribution in [0.2, 0.25) is 0 Å². The second-order valence-electron chi connectivity index (χ2n) is 7.18. The predicted molar refractivity (Wildman–Crippen MR) is 131 cm³/mol. The van der Waals surface area contributed by atoms with Crippen molar-refractivity contribution in [1.82, 2.24) is 10.2 Å². The van der Waals surface area contributed by atoms with Gasteiger partial charge >= 0.3 is 5.91 Å². The van der Waals surface area contributed by atoms with E-state index >= 15 is 0 Å². The number of ketones is 1. The minimum absolute atomic E-state index is 0.0577. The van der Waals surface area contributed by atoms with E-state index in [4.69, 9.17) is 0 Å². The largest absolute Gasteiger partial charge is 0.507 e. The molecule has 5 rings (SSSR count). The lowest BCUT2D eigenvalue weighted by atomic mass is 10.00. The number of amides is 1. The summed E-state index contributed by atoms with van der Waals surface area (Å²) in [6, 6.07) is 21.7. The molecule has 0 bridgehead atoms. The minimum atomic E-state index is -0.759. The number of Topliss-reactive ketones (excluding diaryl/α,β-unsaturated/α-hetero) is 1. The minimum Gasteiger partial charge on any atom is -0.507 e. The highest BCUT2D eigenvalue weighted by molar-refractivity contribution is 8.00. The summed E-state index contributed by atoms with van der Waals surface area (Å²) in [6.07, 6.45) is 0. The van der Waals surface area contributed by atoms with Crippen LogP contribution in [0.25, 0.3) is 5.76 Å². The molecule has 1 atom stereocenters. The molecule has 4 aromatic rings. The number of carbonyl (C=O) groups excluding carboxylic acids is 2. The number of aromatic nitrogens is 2. The van der Waals surface area contributed by atoms with Crippen molar-refractivity contribution in [3.63, 3.8) is 0 Å². The summed E-state index contributed by atoms with van der Waals surface area (Å²) in [5.74, 6) is -0.931. The van der Waals surface area contributed by atoms with Gasteiger partial charge in [-0.15, -0.1) is 21.5 Å². The second-order valence-corrected chi connectivity index (χ2v) is 10.3. The van der Waals surface area contributed by atoms with Gasteiger partial charge in [-0.25, -0.2) is 0 Å². The molecule has 6 nitrogen and oxygen atoms in total. The molecule has 0 aliphatic carbocycles. The van der Waals surface area contributed by atoms with Crippen LogP contribution < -0.4 is 4.90 Å². The maximum absolute atomic E-state index is 13.1. The van der Waals surface area contributed by atoms with E-state index in [1.54, 1.807) is 24.3 Å². The van der Waals surface area contributed by atoms with Gasteiger partial charge in [0.25, 0.3) is 5.78 Å². The number of nitrogens with zero attached hydrogens (tertiary/aromatic N) is 3. The first-order chi connectivity index (χ1) is 16.1. The zero-order chi connectivity index (χ0) is 22.8. The summed E-state index contributed by atoms with van der Waals surface area (Å²) in [6.45, 7) is 0. The van der Waals surface area contributed by atoms with Gasteiger partial charge in [0.1, 0.15) is 11.8 Å². The Morgan fingerprint density at radius 1 is 0.970 bits per heavy atom. The lowest BCUT2D eigenvalue weighted by Crippen LogP contribution is -2.29. The number of aliphatic hydroxyl groups excluding tert-OH is 1. The quantitative estimate of drug-likeness (QED) is 0.126. The number of hydrogen-bond acceptors (Lipinski definition) is 8. The molecule has 1 aliphatic rings. The van der Waals surface area contributed by atoms with Crippen LogP contribution in [0, 0.1) is 0 Å². The van der Waals surface area contributed by atoms with Gasteiger partial charge in [-0.3, -0.25) is 14.5 Å². The van der Waals surface area contributed by atoms with Gasteiger partial charge in [0.05, 0.1) is 5.57 Å². The average molecular weight is 492 g/mol. The summed E-state index contributed by atoms with van der Waals surface area (Å²) in [5.41, 5.74) is 1.69. The van der Waals surface area contributed by atoms with E-state index in [-0.39, 0.29) is 11.3 Å². The Labute approximate surface area is 202 Å². The molecule has 3 heterocycles. The lowest BCUT2D eigenvalue weighted by Gasteiger charge is -2.20. The van der Waals surface area contributed by atoms with E-state index in [9.17, 15) is 14.7 Å². The Bertz CT molecular complexity index is 1320. The molecular weight excluding hydrogens is 474 g/mol. The molecule has 9 heteroatoms. The Hall–Kier alpha value is -3.27. The molecule has 1 saturated heterocycles. The Balaban J connectivity index is 1.51. The molecule has 1 fully saturated rings. The first-order valence-corrected chi connectivity index (χ1v) is 12.7. The van der Waals surface area contributed by atoms with Crippen molar-refractivity contribution >= 4 is 57.0 Å². The van der Waals surface area contributed by atoms with Crippen molar-refractivity contribution in [3.05, 3.63) is 99.8 Å². The molecule has 0 spiro atoms. The number of thioether (sulfide) groups is 1. The van der Waals surface area contributed by atoms with Crippen LogP contribution in [0.1, 0.15) is 22.0 Å². The number of hydrogen-bond donors (Lipinski definition) is 1. The Morgan fingerprint density at radius 3 is 2.39 bits per heavy atom. The SMILES string of the molecule is O=C1C(=O)N(c2nnc(SCc3ccccc3)s2)[C@@H](c2cccs2)/C1=C(\O)c1ccccc1. The van der Waals surface area contributed by atoms with Gasteiger partial charge in [-0.2, -0.15) is 0 Å². The molecule has 33 heavy (non-hydrogen) atoms. The fourth-order valence-electron chi connectivity index (χ4n) is 3.57. The molecule has 0 saturated carbocycles. The zero-order valence-corrected chi connectivity index (χ0v) is 19.6. The molecule has 2 aromatic carbocycles. The molecule has 0 unspecified atom stereocenters. The van der Waals surface area contributed by atoms with Crippen molar-refractivity contribution in [3.8, 4) is 0 Å². The number of carbonyl (C=O) groups is 2. The van der Waals surface area contributed by atoms with E-state index < -0.39 is 17.7 Å².